The number of nitrogens with zero attached hydrogens (tertiary/aromatic N) is 1. The van der Waals surface area contributed by atoms with Gasteiger partial charge in [0.15, 0.2) is 0 Å². The van der Waals surface area contributed by atoms with Gasteiger partial charge in [-0.3, -0.25) is 4.79 Å². The maximum absolute atomic E-state index is 12.0. The molecule has 0 aromatic rings. The average molecular weight is 284 g/mol. The first kappa shape index (κ1) is 18.2. The quantitative estimate of drug-likeness (QED) is 0.637. The van der Waals surface area contributed by atoms with E-state index in [1.165, 1.54) is 0 Å². The van der Waals surface area contributed by atoms with Crippen LogP contribution in [0.15, 0.2) is 0 Å². The van der Waals surface area contributed by atoms with Gasteiger partial charge in [0, 0.05) is 6.54 Å². The molecule has 0 amide bonds. The van der Waals surface area contributed by atoms with Gasteiger partial charge < -0.3 is 15.3 Å². The van der Waals surface area contributed by atoms with Gasteiger partial charge >= 0.3 is 12.1 Å². The van der Waals surface area contributed by atoms with E-state index in [1.807, 2.05) is 0 Å². The number of halogens is 3. The summed E-state index contributed by atoms with van der Waals surface area (Å²) in [5, 5.41) is 11.8. The molecule has 2 N–H and O–H groups in total. The molecule has 114 valence electrons. The fraction of sp³-hybridized carbons (Fsp3) is 0.917. The Balaban J connectivity index is 3.83. The lowest BCUT2D eigenvalue weighted by atomic mass is 9.95. The number of alkyl halides is 3. The zero-order valence-corrected chi connectivity index (χ0v) is 11.7. The Labute approximate surface area is 112 Å². The number of carboxylic acid groups (broad SMARTS) is 1. The first-order valence-corrected chi connectivity index (χ1v) is 6.28. The van der Waals surface area contributed by atoms with E-state index in [2.05, 4.69) is 5.32 Å². The molecule has 4 nitrogen and oxygen atoms in total. The average Bonchev–Trinajstić information content (AvgIpc) is 2.30. The molecular weight excluding hydrogens is 261 g/mol. The van der Waals surface area contributed by atoms with Crippen LogP contribution >= 0.6 is 0 Å². The topological polar surface area (TPSA) is 52.6 Å². The van der Waals surface area contributed by atoms with Crippen molar-refractivity contribution >= 4 is 5.97 Å². The molecule has 0 heterocycles. The van der Waals surface area contributed by atoms with Crippen molar-refractivity contribution in [3.63, 3.8) is 0 Å². The van der Waals surface area contributed by atoms with Crippen molar-refractivity contribution < 1.29 is 23.1 Å². The van der Waals surface area contributed by atoms with Crippen LogP contribution in [-0.2, 0) is 4.79 Å². The Morgan fingerprint density at radius 1 is 1.21 bits per heavy atom. The predicted octanol–water partition coefficient (Wildman–Crippen LogP) is 2.10. The van der Waals surface area contributed by atoms with Crippen LogP contribution in [0.25, 0.3) is 0 Å². The summed E-state index contributed by atoms with van der Waals surface area (Å²) in [7, 11) is 3.23. The van der Waals surface area contributed by atoms with Gasteiger partial charge in [0.2, 0.25) is 0 Å². The van der Waals surface area contributed by atoms with Gasteiger partial charge in [0.1, 0.15) is 5.54 Å². The Morgan fingerprint density at radius 3 is 2.21 bits per heavy atom. The van der Waals surface area contributed by atoms with Crippen molar-refractivity contribution in [2.45, 2.75) is 44.3 Å². The zero-order valence-electron chi connectivity index (χ0n) is 11.7. The molecular formula is C12H23F3N2O2. The largest absolute Gasteiger partial charge is 0.480 e. The molecule has 0 fully saturated rings. The van der Waals surface area contributed by atoms with Crippen molar-refractivity contribution in [3.8, 4) is 0 Å². The predicted molar refractivity (Wildman–Crippen MR) is 67.1 cm³/mol. The van der Waals surface area contributed by atoms with Gasteiger partial charge in [-0.15, -0.1) is 0 Å². The molecule has 0 rings (SSSR count). The van der Waals surface area contributed by atoms with Gasteiger partial charge in [-0.2, -0.15) is 13.2 Å². The fourth-order valence-electron chi connectivity index (χ4n) is 1.63. The summed E-state index contributed by atoms with van der Waals surface area (Å²) in [6.45, 7) is 2.11. The summed E-state index contributed by atoms with van der Waals surface area (Å²) in [6, 6.07) is 0. The molecule has 0 bridgehead atoms. The standard InChI is InChI=1S/C12H23F3N2O2/c1-11(16-2,10(18)19)6-4-5-8-17(3)9-7-12(13,14)15/h16H,4-9H2,1-3H3,(H,18,19). The Kier molecular flexibility index (Phi) is 7.36. The number of likely N-dealkylation sites (N-methyl/N-ethyl adjacent to an activating group) is 1. The molecule has 0 radical (unpaired) electrons. The molecule has 1 unspecified atom stereocenters. The normalized spacial score (nSPS) is 15.5. The summed E-state index contributed by atoms with van der Waals surface area (Å²) >= 11 is 0. The van der Waals surface area contributed by atoms with Crippen LogP contribution in [0.1, 0.15) is 32.6 Å². The second-order valence-corrected chi connectivity index (χ2v) is 5.01. The molecule has 0 aliphatic heterocycles. The Bertz CT molecular complexity index is 285. The SMILES string of the molecule is CNC(C)(CCCCN(C)CCC(F)(F)F)C(=O)O. The number of aliphatic carboxylic acids is 1. The van der Waals surface area contributed by atoms with Crippen molar-refractivity contribution in [3.05, 3.63) is 0 Å². The highest BCUT2D eigenvalue weighted by atomic mass is 19.4. The van der Waals surface area contributed by atoms with Crippen molar-refractivity contribution in [1.82, 2.24) is 10.2 Å². The third kappa shape index (κ3) is 8.05. The fourth-order valence-corrected chi connectivity index (χ4v) is 1.63. The van der Waals surface area contributed by atoms with Gasteiger partial charge in [0.05, 0.1) is 6.42 Å². The van der Waals surface area contributed by atoms with Gasteiger partial charge in [-0.05, 0) is 46.8 Å². The lowest BCUT2D eigenvalue weighted by Crippen LogP contribution is -2.47. The van der Waals surface area contributed by atoms with Crippen LogP contribution in [-0.4, -0.2) is 54.9 Å². The maximum Gasteiger partial charge on any atom is 0.390 e. The van der Waals surface area contributed by atoms with E-state index >= 15 is 0 Å². The maximum atomic E-state index is 12.0. The summed E-state index contributed by atoms with van der Waals surface area (Å²) < 4.78 is 36.0. The number of unbranched alkanes of at least 4 members (excludes halogenated alkanes) is 1. The molecule has 0 aromatic carbocycles. The van der Waals surface area contributed by atoms with E-state index in [4.69, 9.17) is 5.11 Å². The van der Waals surface area contributed by atoms with E-state index in [-0.39, 0.29) is 6.54 Å². The van der Waals surface area contributed by atoms with E-state index in [0.717, 1.165) is 0 Å². The van der Waals surface area contributed by atoms with E-state index in [9.17, 15) is 18.0 Å². The van der Waals surface area contributed by atoms with Crippen LogP contribution in [0.2, 0.25) is 0 Å². The Morgan fingerprint density at radius 2 is 1.79 bits per heavy atom. The minimum Gasteiger partial charge on any atom is -0.480 e. The molecule has 0 spiro atoms. The van der Waals surface area contributed by atoms with Crippen molar-refractivity contribution in [1.29, 1.82) is 0 Å². The van der Waals surface area contributed by atoms with E-state index in [1.54, 1.807) is 25.9 Å². The minimum atomic E-state index is -4.12. The summed E-state index contributed by atoms with van der Waals surface area (Å²) in [4.78, 5) is 12.6. The third-order valence-electron chi connectivity index (χ3n) is 3.27. The summed E-state index contributed by atoms with van der Waals surface area (Å²) in [5.41, 5.74) is -0.968. The number of carbonyl (C=O) groups is 1. The highest BCUT2D eigenvalue weighted by Crippen LogP contribution is 2.19. The van der Waals surface area contributed by atoms with Crippen molar-refractivity contribution in [2.24, 2.45) is 0 Å². The minimum absolute atomic E-state index is 0.0221. The monoisotopic (exact) mass is 284 g/mol. The lowest BCUT2D eigenvalue weighted by molar-refractivity contribution is -0.144. The summed E-state index contributed by atoms with van der Waals surface area (Å²) in [6.07, 6.45) is -3.15. The number of rotatable bonds is 9. The van der Waals surface area contributed by atoms with Crippen LogP contribution in [0.3, 0.4) is 0 Å². The highest BCUT2D eigenvalue weighted by Gasteiger charge is 2.30. The highest BCUT2D eigenvalue weighted by molar-refractivity contribution is 5.78. The number of carboxylic acids is 1. The molecule has 0 aliphatic carbocycles. The first-order valence-electron chi connectivity index (χ1n) is 6.28. The molecule has 0 saturated carbocycles. The second kappa shape index (κ2) is 7.69. The van der Waals surface area contributed by atoms with Gasteiger partial charge in [0.25, 0.3) is 0 Å². The second-order valence-electron chi connectivity index (χ2n) is 5.01. The van der Waals surface area contributed by atoms with Crippen LogP contribution in [0.4, 0.5) is 13.2 Å². The van der Waals surface area contributed by atoms with Gasteiger partial charge in [-0.1, -0.05) is 0 Å². The molecule has 0 aliphatic rings. The molecule has 0 saturated heterocycles. The smallest absolute Gasteiger partial charge is 0.390 e. The first-order chi connectivity index (χ1) is 8.60. The van der Waals surface area contributed by atoms with Crippen LogP contribution in [0.5, 0.6) is 0 Å². The lowest BCUT2D eigenvalue weighted by Gasteiger charge is -2.24. The number of hydrogen-bond acceptors (Lipinski definition) is 3. The summed E-state index contributed by atoms with van der Waals surface area (Å²) in [5.74, 6) is -0.916. The van der Waals surface area contributed by atoms with E-state index < -0.39 is 24.1 Å². The van der Waals surface area contributed by atoms with Crippen LogP contribution < -0.4 is 5.32 Å². The van der Waals surface area contributed by atoms with Crippen LogP contribution in [0, 0.1) is 0 Å². The van der Waals surface area contributed by atoms with Crippen molar-refractivity contribution in [2.75, 3.05) is 27.2 Å². The molecule has 7 heteroatoms. The zero-order chi connectivity index (χ0) is 15.1. The molecule has 1 atom stereocenters. The van der Waals surface area contributed by atoms with E-state index in [0.29, 0.717) is 25.8 Å². The van der Waals surface area contributed by atoms with Gasteiger partial charge in [-0.25, -0.2) is 0 Å². The number of hydrogen-bond donors (Lipinski definition) is 2. The third-order valence-corrected chi connectivity index (χ3v) is 3.27. The number of nitrogens with one attached hydrogen (secondary N) is 1. The Hall–Kier alpha value is -0.820. The molecule has 0 aromatic heterocycles. The molecule has 19 heavy (non-hydrogen) atoms.